The molecule has 108 valence electrons. The number of hydrogen-bond donors (Lipinski definition) is 1. The standard InChI is InChI=1S/C12H12Br4N4/c1-19-2-4-20(5-3-19)12-17-10-8(15)6(13)7(14)9(16)11(10)18-12/h2-5H2,1H3,(H,17,18). The van der Waals surface area contributed by atoms with E-state index in [1.807, 2.05) is 0 Å². The Bertz CT molecular complexity index is 616. The van der Waals surface area contributed by atoms with Gasteiger partial charge < -0.3 is 14.8 Å². The van der Waals surface area contributed by atoms with E-state index >= 15 is 0 Å². The van der Waals surface area contributed by atoms with Crippen LogP contribution in [0.3, 0.4) is 0 Å². The van der Waals surface area contributed by atoms with Gasteiger partial charge in [0.15, 0.2) is 0 Å². The van der Waals surface area contributed by atoms with E-state index in [9.17, 15) is 0 Å². The van der Waals surface area contributed by atoms with Crippen molar-refractivity contribution in [2.75, 3.05) is 38.1 Å². The Morgan fingerprint density at radius 3 is 2.15 bits per heavy atom. The van der Waals surface area contributed by atoms with Gasteiger partial charge in [-0.2, -0.15) is 0 Å². The van der Waals surface area contributed by atoms with Crippen molar-refractivity contribution in [2.45, 2.75) is 0 Å². The molecule has 0 saturated carbocycles. The Morgan fingerprint density at radius 2 is 1.50 bits per heavy atom. The van der Waals surface area contributed by atoms with Gasteiger partial charge in [-0.25, -0.2) is 4.98 Å². The number of imidazole rings is 1. The van der Waals surface area contributed by atoms with Crippen molar-refractivity contribution in [2.24, 2.45) is 0 Å². The zero-order valence-corrected chi connectivity index (χ0v) is 17.0. The van der Waals surface area contributed by atoms with Crippen molar-refractivity contribution >= 4 is 80.7 Å². The first-order chi connectivity index (χ1) is 9.49. The van der Waals surface area contributed by atoms with Crippen LogP contribution in [0.15, 0.2) is 17.9 Å². The van der Waals surface area contributed by atoms with Gasteiger partial charge in [-0.3, -0.25) is 0 Å². The van der Waals surface area contributed by atoms with E-state index in [1.54, 1.807) is 0 Å². The minimum Gasteiger partial charge on any atom is -0.340 e. The molecule has 1 saturated heterocycles. The predicted octanol–water partition coefficient (Wildman–Crippen LogP) is 4.36. The first kappa shape index (κ1) is 15.3. The number of rotatable bonds is 1. The van der Waals surface area contributed by atoms with E-state index in [0.29, 0.717) is 0 Å². The van der Waals surface area contributed by atoms with E-state index in [1.165, 1.54) is 0 Å². The van der Waals surface area contributed by atoms with Crippen LogP contribution < -0.4 is 4.90 Å². The van der Waals surface area contributed by atoms with Crippen molar-refractivity contribution in [1.82, 2.24) is 14.9 Å². The summed E-state index contributed by atoms with van der Waals surface area (Å²) in [4.78, 5) is 12.8. The maximum absolute atomic E-state index is 4.75. The lowest BCUT2D eigenvalue weighted by Crippen LogP contribution is -2.44. The van der Waals surface area contributed by atoms with Gasteiger partial charge in [0.1, 0.15) is 5.52 Å². The number of likely N-dealkylation sites (N-methyl/N-ethyl adjacent to an activating group) is 1. The highest BCUT2D eigenvalue weighted by molar-refractivity contribution is 9.15. The van der Waals surface area contributed by atoms with Crippen LogP contribution in [0.2, 0.25) is 0 Å². The molecule has 0 radical (unpaired) electrons. The molecule has 0 atom stereocenters. The fourth-order valence-corrected chi connectivity index (χ4v) is 4.54. The van der Waals surface area contributed by atoms with Crippen LogP contribution in [0.1, 0.15) is 0 Å². The topological polar surface area (TPSA) is 35.2 Å². The second kappa shape index (κ2) is 5.87. The van der Waals surface area contributed by atoms with E-state index in [0.717, 1.165) is 61.1 Å². The first-order valence-corrected chi connectivity index (χ1v) is 9.31. The van der Waals surface area contributed by atoms with Crippen molar-refractivity contribution in [3.63, 3.8) is 0 Å². The quantitative estimate of drug-likeness (QED) is 0.439. The van der Waals surface area contributed by atoms with Crippen LogP contribution in [0, 0.1) is 0 Å². The van der Waals surface area contributed by atoms with Gasteiger partial charge in [0.2, 0.25) is 5.95 Å². The molecule has 20 heavy (non-hydrogen) atoms. The molecule has 0 bridgehead atoms. The number of piperazine rings is 1. The maximum Gasteiger partial charge on any atom is 0.203 e. The Labute approximate surface area is 150 Å². The summed E-state index contributed by atoms with van der Waals surface area (Å²) >= 11 is 14.4. The smallest absolute Gasteiger partial charge is 0.203 e. The molecule has 0 unspecified atom stereocenters. The van der Waals surface area contributed by atoms with E-state index < -0.39 is 0 Å². The molecule has 2 heterocycles. The first-order valence-electron chi connectivity index (χ1n) is 6.14. The number of fused-ring (bicyclic) bond motifs is 1. The predicted molar refractivity (Wildman–Crippen MR) is 96.6 cm³/mol. The average Bonchev–Trinajstić information content (AvgIpc) is 2.89. The van der Waals surface area contributed by atoms with E-state index in [2.05, 4.69) is 85.6 Å². The number of nitrogens with zero attached hydrogens (tertiary/aromatic N) is 3. The lowest BCUT2D eigenvalue weighted by Gasteiger charge is -2.32. The highest BCUT2D eigenvalue weighted by Crippen LogP contribution is 2.43. The molecule has 1 N–H and O–H groups in total. The molecular formula is C12H12Br4N4. The van der Waals surface area contributed by atoms with Gasteiger partial charge in [0.25, 0.3) is 0 Å². The maximum atomic E-state index is 4.75. The highest BCUT2D eigenvalue weighted by atomic mass is 79.9. The fraction of sp³-hybridized carbons (Fsp3) is 0.417. The summed E-state index contributed by atoms with van der Waals surface area (Å²) in [5, 5.41) is 0. The highest BCUT2D eigenvalue weighted by Gasteiger charge is 2.21. The molecule has 0 spiro atoms. The van der Waals surface area contributed by atoms with Crippen molar-refractivity contribution < 1.29 is 0 Å². The summed E-state index contributed by atoms with van der Waals surface area (Å²) in [7, 11) is 2.15. The number of aromatic amines is 1. The van der Waals surface area contributed by atoms with Gasteiger partial charge in [0.05, 0.1) is 14.5 Å². The number of nitrogens with one attached hydrogen (secondary N) is 1. The lowest BCUT2D eigenvalue weighted by atomic mass is 10.3. The summed E-state index contributed by atoms with van der Waals surface area (Å²) in [5.41, 5.74) is 1.93. The van der Waals surface area contributed by atoms with Crippen LogP contribution in [0.5, 0.6) is 0 Å². The molecule has 1 aliphatic heterocycles. The normalized spacial score (nSPS) is 17.1. The zero-order valence-electron chi connectivity index (χ0n) is 10.7. The fourth-order valence-electron chi connectivity index (χ4n) is 2.25. The summed E-state index contributed by atoms with van der Waals surface area (Å²) in [6.07, 6.45) is 0. The molecule has 4 nitrogen and oxygen atoms in total. The largest absolute Gasteiger partial charge is 0.340 e. The van der Waals surface area contributed by atoms with Crippen LogP contribution in [-0.4, -0.2) is 48.1 Å². The monoisotopic (exact) mass is 528 g/mol. The van der Waals surface area contributed by atoms with E-state index in [4.69, 9.17) is 4.98 Å². The molecule has 1 aromatic heterocycles. The van der Waals surface area contributed by atoms with Crippen LogP contribution >= 0.6 is 63.7 Å². The number of anilines is 1. The summed E-state index contributed by atoms with van der Waals surface area (Å²) in [6, 6.07) is 0. The molecule has 0 aliphatic carbocycles. The summed E-state index contributed by atoms with van der Waals surface area (Å²) in [6.45, 7) is 4.11. The van der Waals surface area contributed by atoms with Crippen molar-refractivity contribution in [3.8, 4) is 0 Å². The van der Waals surface area contributed by atoms with Crippen LogP contribution in [0.25, 0.3) is 11.0 Å². The van der Waals surface area contributed by atoms with Gasteiger partial charge in [0, 0.05) is 35.1 Å². The number of hydrogen-bond acceptors (Lipinski definition) is 3. The number of H-pyrrole nitrogens is 1. The van der Waals surface area contributed by atoms with Gasteiger partial charge in [-0.15, -0.1) is 0 Å². The third-order valence-electron chi connectivity index (χ3n) is 3.50. The Hall–Kier alpha value is 0.370. The molecular weight excluding hydrogens is 520 g/mol. The van der Waals surface area contributed by atoms with Gasteiger partial charge in [-0.05, 0) is 70.8 Å². The van der Waals surface area contributed by atoms with Crippen molar-refractivity contribution in [3.05, 3.63) is 17.9 Å². The minimum absolute atomic E-state index is 0.930. The zero-order chi connectivity index (χ0) is 14.4. The van der Waals surface area contributed by atoms with Crippen LogP contribution in [0.4, 0.5) is 5.95 Å². The molecule has 1 aromatic carbocycles. The van der Waals surface area contributed by atoms with Crippen LogP contribution in [-0.2, 0) is 0 Å². The molecule has 1 aliphatic rings. The van der Waals surface area contributed by atoms with Crippen molar-refractivity contribution in [1.29, 1.82) is 0 Å². The third-order valence-corrected chi connectivity index (χ3v) is 8.25. The summed E-state index contributed by atoms with van der Waals surface area (Å²) in [5.74, 6) is 0.930. The Kier molecular flexibility index (Phi) is 4.48. The number of benzene rings is 1. The number of halogens is 4. The molecule has 8 heteroatoms. The molecule has 3 rings (SSSR count). The van der Waals surface area contributed by atoms with E-state index in [-0.39, 0.29) is 0 Å². The molecule has 2 aromatic rings. The minimum atomic E-state index is 0.930. The number of aromatic nitrogens is 2. The SMILES string of the molecule is CN1CCN(c2nc3c(Br)c(Br)c(Br)c(Br)c3[nH]2)CC1. The Balaban J connectivity index is 2.07. The Morgan fingerprint density at radius 1 is 0.900 bits per heavy atom. The average molecular weight is 532 g/mol. The molecule has 0 amide bonds. The molecule has 1 fully saturated rings. The second-order valence-corrected chi connectivity index (χ2v) is 8.00. The van der Waals surface area contributed by atoms with Gasteiger partial charge in [-0.1, -0.05) is 0 Å². The summed E-state index contributed by atoms with van der Waals surface area (Å²) < 4.78 is 3.88. The second-order valence-electron chi connectivity index (χ2n) is 4.83. The lowest BCUT2D eigenvalue weighted by molar-refractivity contribution is 0.311. The van der Waals surface area contributed by atoms with Gasteiger partial charge >= 0.3 is 0 Å². The third kappa shape index (κ3) is 2.58.